The van der Waals surface area contributed by atoms with Crippen LogP contribution < -0.4 is 15.0 Å². The minimum Gasteiger partial charge on any atom is -0.495 e. The lowest BCUT2D eigenvalue weighted by Crippen LogP contribution is -3.17. The van der Waals surface area contributed by atoms with E-state index >= 15 is 0 Å². The highest BCUT2D eigenvalue weighted by atomic mass is 35.5. The van der Waals surface area contributed by atoms with E-state index in [1.54, 1.807) is 13.2 Å². The fourth-order valence-electron chi connectivity index (χ4n) is 2.92. The maximum atomic E-state index is 12.5. The van der Waals surface area contributed by atoms with E-state index in [2.05, 4.69) is 12.2 Å². The summed E-state index contributed by atoms with van der Waals surface area (Å²) in [5, 5.41) is 3.63. The second-order valence-electron chi connectivity index (χ2n) is 6.35. The van der Waals surface area contributed by atoms with Gasteiger partial charge in [-0.05, 0) is 44.2 Å². The molecule has 1 aliphatic rings. The van der Waals surface area contributed by atoms with Crippen LogP contribution in [0.15, 0.2) is 12.1 Å². The number of amides is 1. The van der Waals surface area contributed by atoms with Gasteiger partial charge in [0.1, 0.15) is 5.75 Å². The van der Waals surface area contributed by atoms with Crippen LogP contribution in [-0.4, -0.2) is 32.1 Å². The molecule has 1 aromatic rings. The Balaban J connectivity index is 2.06. The van der Waals surface area contributed by atoms with Crippen molar-refractivity contribution >= 4 is 23.2 Å². The molecule has 0 radical (unpaired) electrons. The number of hydrogen-bond acceptors (Lipinski definition) is 2. The van der Waals surface area contributed by atoms with E-state index in [1.165, 1.54) is 17.7 Å². The van der Waals surface area contributed by atoms with Crippen molar-refractivity contribution in [1.29, 1.82) is 0 Å². The van der Waals surface area contributed by atoms with Gasteiger partial charge in [0.15, 0.2) is 6.04 Å². The Morgan fingerprint density at radius 3 is 2.64 bits per heavy atom. The third-order valence-electron chi connectivity index (χ3n) is 4.66. The predicted molar refractivity (Wildman–Crippen MR) is 89.9 cm³/mol. The van der Waals surface area contributed by atoms with Crippen LogP contribution >= 0.6 is 11.6 Å². The van der Waals surface area contributed by atoms with Crippen LogP contribution in [0.5, 0.6) is 5.75 Å². The number of likely N-dealkylation sites (tertiary alicyclic amines) is 1. The molecule has 1 aromatic carbocycles. The maximum Gasteiger partial charge on any atom is 0.282 e. The van der Waals surface area contributed by atoms with Gasteiger partial charge < -0.3 is 15.0 Å². The summed E-state index contributed by atoms with van der Waals surface area (Å²) in [7, 11) is 1.58. The third kappa shape index (κ3) is 3.93. The highest BCUT2D eigenvalue weighted by molar-refractivity contribution is 6.31. The molecule has 1 saturated heterocycles. The molecule has 22 heavy (non-hydrogen) atoms. The lowest BCUT2D eigenvalue weighted by molar-refractivity contribution is -0.919. The van der Waals surface area contributed by atoms with Gasteiger partial charge in [-0.3, -0.25) is 4.79 Å². The van der Waals surface area contributed by atoms with Crippen LogP contribution in [0.3, 0.4) is 0 Å². The van der Waals surface area contributed by atoms with Crippen molar-refractivity contribution in [1.82, 2.24) is 0 Å². The number of nitrogens with one attached hydrogen (secondary N) is 2. The number of rotatable bonds is 4. The number of anilines is 1. The van der Waals surface area contributed by atoms with Gasteiger partial charge in [0, 0.05) is 11.1 Å². The van der Waals surface area contributed by atoms with Crippen LogP contribution in [0, 0.1) is 12.8 Å². The Morgan fingerprint density at radius 1 is 1.41 bits per heavy atom. The number of ether oxygens (including phenoxy) is 1. The molecule has 2 rings (SSSR count). The number of quaternary nitrogens is 1. The number of halogens is 1. The van der Waals surface area contributed by atoms with E-state index in [9.17, 15) is 4.79 Å². The number of piperidine rings is 1. The lowest BCUT2D eigenvalue weighted by Gasteiger charge is -2.31. The number of carbonyl (C=O) groups excluding carboxylic acids is 1. The van der Waals surface area contributed by atoms with E-state index in [1.807, 2.05) is 19.9 Å². The standard InChI is InChI=1S/C17H25ClN2O2/c1-11-5-7-20(8-6-11)13(3)17(21)19-15-9-12(2)14(18)10-16(15)22-4/h9-11,13H,5-8H2,1-4H3,(H,19,21)/p+1/t13-/m1/s1. The molecule has 0 saturated carbocycles. The summed E-state index contributed by atoms with van der Waals surface area (Å²) >= 11 is 6.10. The summed E-state index contributed by atoms with van der Waals surface area (Å²) in [6.07, 6.45) is 2.38. The average molecular weight is 326 g/mol. The van der Waals surface area contributed by atoms with Gasteiger partial charge in [0.05, 0.1) is 25.9 Å². The third-order valence-corrected chi connectivity index (χ3v) is 5.07. The Kier molecular flexibility index (Phi) is 5.70. The van der Waals surface area contributed by atoms with E-state index < -0.39 is 0 Å². The second kappa shape index (κ2) is 7.34. The molecule has 2 N–H and O–H groups in total. The summed E-state index contributed by atoms with van der Waals surface area (Å²) in [5.41, 5.74) is 1.61. The summed E-state index contributed by atoms with van der Waals surface area (Å²) in [4.78, 5) is 13.9. The highest BCUT2D eigenvalue weighted by Gasteiger charge is 2.29. The van der Waals surface area contributed by atoms with E-state index in [0.717, 1.165) is 24.6 Å². The Labute approximate surface area is 137 Å². The van der Waals surface area contributed by atoms with Crippen LogP contribution in [0.25, 0.3) is 0 Å². The number of carbonyl (C=O) groups is 1. The van der Waals surface area contributed by atoms with Crippen molar-refractivity contribution < 1.29 is 14.4 Å². The van der Waals surface area contributed by atoms with Crippen molar-refractivity contribution in [3.05, 3.63) is 22.7 Å². The summed E-state index contributed by atoms with van der Waals surface area (Å²) < 4.78 is 5.32. The molecule has 0 spiro atoms. The van der Waals surface area contributed by atoms with Crippen molar-refractivity contribution in [3.8, 4) is 5.75 Å². The first kappa shape index (κ1) is 17.1. The van der Waals surface area contributed by atoms with Gasteiger partial charge >= 0.3 is 0 Å². The zero-order chi connectivity index (χ0) is 16.3. The predicted octanol–water partition coefficient (Wildman–Crippen LogP) is 2.30. The number of hydrogen-bond donors (Lipinski definition) is 2. The fraction of sp³-hybridized carbons (Fsp3) is 0.588. The summed E-state index contributed by atoms with van der Waals surface area (Å²) in [6.45, 7) is 8.32. The van der Waals surface area contributed by atoms with Gasteiger partial charge in [0.25, 0.3) is 5.91 Å². The van der Waals surface area contributed by atoms with Gasteiger partial charge in [-0.2, -0.15) is 0 Å². The topological polar surface area (TPSA) is 42.8 Å². The first-order chi connectivity index (χ1) is 10.4. The van der Waals surface area contributed by atoms with Gasteiger partial charge in [0.2, 0.25) is 0 Å². The van der Waals surface area contributed by atoms with Crippen molar-refractivity contribution in [2.45, 2.75) is 39.7 Å². The normalized spacial score (nSPS) is 23.0. The van der Waals surface area contributed by atoms with Crippen LogP contribution in [-0.2, 0) is 4.79 Å². The minimum absolute atomic E-state index is 0.0320. The van der Waals surface area contributed by atoms with Crippen molar-refractivity contribution in [3.63, 3.8) is 0 Å². The molecular formula is C17H26ClN2O2+. The molecule has 1 heterocycles. The molecule has 5 heteroatoms. The van der Waals surface area contributed by atoms with E-state index in [4.69, 9.17) is 16.3 Å². The van der Waals surface area contributed by atoms with E-state index in [-0.39, 0.29) is 11.9 Å². The molecule has 1 atom stereocenters. The average Bonchev–Trinajstić information content (AvgIpc) is 2.50. The fourth-order valence-corrected chi connectivity index (χ4v) is 3.08. The molecule has 1 fully saturated rings. The molecule has 122 valence electrons. The molecule has 0 aliphatic carbocycles. The first-order valence-corrected chi connectivity index (χ1v) is 8.29. The summed E-state index contributed by atoms with van der Waals surface area (Å²) in [5.74, 6) is 1.40. The molecule has 0 unspecified atom stereocenters. The van der Waals surface area contributed by atoms with Gasteiger partial charge in [-0.1, -0.05) is 18.5 Å². The number of methoxy groups -OCH3 is 1. The smallest absolute Gasteiger partial charge is 0.282 e. The molecule has 1 aliphatic heterocycles. The maximum absolute atomic E-state index is 12.5. The van der Waals surface area contributed by atoms with Gasteiger partial charge in [-0.15, -0.1) is 0 Å². The van der Waals surface area contributed by atoms with Gasteiger partial charge in [-0.25, -0.2) is 0 Å². The van der Waals surface area contributed by atoms with Crippen LogP contribution in [0.4, 0.5) is 5.69 Å². The zero-order valence-electron chi connectivity index (χ0n) is 13.8. The minimum atomic E-state index is -0.0619. The molecular weight excluding hydrogens is 300 g/mol. The highest BCUT2D eigenvalue weighted by Crippen LogP contribution is 2.30. The van der Waals surface area contributed by atoms with Crippen molar-refractivity contribution in [2.24, 2.45) is 5.92 Å². The molecule has 0 bridgehead atoms. The zero-order valence-corrected chi connectivity index (χ0v) is 14.6. The number of benzene rings is 1. The second-order valence-corrected chi connectivity index (χ2v) is 6.76. The Bertz CT molecular complexity index is 540. The largest absolute Gasteiger partial charge is 0.495 e. The lowest BCUT2D eigenvalue weighted by atomic mass is 9.98. The Morgan fingerprint density at radius 2 is 2.05 bits per heavy atom. The Hall–Kier alpha value is -1.26. The molecule has 4 nitrogen and oxygen atoms in total. The van der Waals surface area contributed by atoms with Crippen LogP contribution in [0.2, 0.25) is 5.02 Å². The van der Waals surface area contributed by atoms with Crippen molar-refractivity contribution in [2.75, 3.05) is 25.5 Å². The molecule has 1 amide bonds. The number of aryl methyl sites for hydroxylation is 1. The SMILES string of the molecule is COc1cc(Cl)c(C)cc1NC(=O)[C@@H](C)[NH+]1CCC(C)CC1. The summed E-state index contributed by atoms with van der Waals surface area (Å²) in [6, 6.07) is 3.54. The molecule has 0 aromatic heterocycles. The monoisotopic (exact) mass is 325 g/mol. The van der Waals surface area contributed by atoms with E-state index in [0.29, 0.717) is 16.5 Å². The quantitative estimate of drug-likeness (QED) is 0.892. The van der Waals surface area contributed by atoms with Crippen LogP contribution in [0.1, 0.15) is 32.3 Å². The first-order valence-electron chi connectivity index (χ1n) is 7.92.